The van der Waals surface area contributed by atoms with Gasteiger partial charge < -0.3 is 4.74 Å². The minimum atomic E-state index is 0.628. The van der Waals surface area contributed by atoms with Crippen LogP contribution in [0, 0.1) is 5.92 Å². The highest BCUT2D eigenvalue weighted by Gasteiger charge is 2.40. The van der Waals surface area contributed by atoms with Gasteiger partial charge in [0.15, 0.2) is 0 Å². The molecule has 0 unspecified atom stereocenters. The van der Waals surface area contributed by atoms with Gasteiger partial charge in [-0.3, -0.25) is 4.90 Å². The van der Waals surface area contributed by atoms with Gasteiger partial charge in [0.25, 0.3) is 0 Å². The van der Waals surface area contributed by atoms with Gasteiger partial charge in [-0.05, 0) is 49.5 Å². The number of fused-ring (bicyclic) bond motifs is 2. The van der Waals surface area contributed by atoms with Crippen molar-refractivity contribution in [2.75, 3.05) is 13.7 Å². The normalized spacial score (nSPS) is 26.8. The van der Waals surface area contributed by atoms with Crippen LogP contribution < -0.4 is 4.74 Å². The first-order chi connectivity index (χ1) is 8.69. The summed E-state index contributed by atoms with van der Waals surface area (Å²) in [5.74, 6) is 1.69. The van der Waals surface area contributed by atoms with Gasteiger partial charge >= 0.3 is 0 Å². The van der Waals surface area contributed by atoms with E-state index in [0.717, 1.165) is 11.7 Å². The summed E-state index contributed by atoms with van der Waals surface area (Å²) >= 11 is 0. The average Bonchev–Trinajstić information content (AvgIpc) is 2.98. The molecule has 2 heteroatoms. The van der Waals surface area contributed by atoms with E-state index in [1.54, 1.807) is 7.11 Å². The van der Waals surface area contributed by atoms with Gasteiger partial charge in [0.1, 0.15) is 5.75 Å². The van der Waals surface area contributed by atoms with Crippen LogP contribution >= 0.6 is 0 Å². The molecule has 0 amide bonds. The van der Waals surface area contributed by atoms with Crippen molar-refractivity contribution in [2.45, 2.75) is 32.4 Å². The van der Waals surface area contributed by atoms with Gasteiger partial charge in [-0.2, -0.15) is 0 Å². The van der Waals surface area contributed by atoms with Crippen molar-refractivity contribution < 1.29 is 4.74 Å². The molecule has 2 atom stereocenters. The van der Waals surface area contributed by atoms with Crippen molar-refractivity contribution in [2.24, 2.45) is 5.92 Å². The quantitative estimate of drug-likeness (QED) is 0.808. The van der Waals surface area contributed by atoms with Crippen LogP contribution in [0.15, 0.2) is 30.3 Å². The lowest BCUT2D eigenvalue weighted by Gasteiger charge is -2.31. The first kappa shape index (κ1) is 11.8. The van der Waals surface area contributed by atoms with E-state index in [1.165, 1.54) is 24.1 Å². The molecule has 2 aliphatic rings. The molecule has 0 spiro atoms. The standard InChI is InChI=1S/C16H21NO/c1-11(2)17-10-12-8-15(16(17)9-12)13-4-6-14(18-3)7-5-13/h4-8,11-12,16H,9-10H2,1-3H3/t12-,16-/m0/s1. The maximum absolute atomic E-state index is 5.22. The lowest BCUT2D eigenvalue weighted by Crippen LogP contribution is -2.37. The van der Waals surface area contributed by atoms with E-state index < -0.39 is 0 Å². The topological polar surface area (TPSA) is 12.5 Å². The van der Waals surface area contributed by atoms with Crippen LogP contribution in [0.1, 0.15) is 25.8 Å². The van der Waals surface area contributed by atoms with Crippen LogP contribution in [0.25, 0.3) is 5.57 Å². The predicted octanol–water partition coefficient (Wildman–Crippen LogP) is 3.19. The second-order valence-electron chi connectivity index (χ2n) is 5.65. The Morgan fingerprint density at radius 1 is 1.22 bits per heavy atom. The lowest BCUT2D eigenvalue weighted by molar-refractivity contribution is 0.231. The van der Waals surface area contributed by atoms with Crippen molar-refractivity contribution in [3.05, 3.63) is 35.9 Å². The highest BCUT2D eigenvalue weighted by Crippen LogP contribution is 2.42. The van der Waals surface area contributed by atoms with Crippen LogP contribution in [0.3, 0.4) is 0 Å². The average molecular weight is 243 g/mol. The molecule has 1 heterocycles. The van der Waals surface area contributed by atoms with Gasteiger partial charge in [-0.25, -0.2) is 0 Å². The summed E-state index contributed by atoms with van der Waals surface area (Å²) in [6, 6.07) is 9.75. The monoisotopic (exact) mass is 243 g/mol. The molecule has 2 nitrogen and oxygen atoms in total. The first-order valence-corrected chi connectivity index (χ1v) is 6.81. The molecule has 1 aliphatic carbocycles. The third kappa shape index (κ3) is 1.85. The Bertz CT molecular complexity index is 460. The largest absolute Gasteiger partial charge is 0.497 e. The molecule has 1 aromatic rings. The fourth-order valence-electron chi connectivity index (χ4n) is 3.33. The van der Waals surface area contributed by atoms with Crippen molar-refractivity contribution >= 4 is 5.57 Å². The van der Waals surface area contributed by atoms with Crippen molar-refractivity contribution in [1.29, 1.82) is 0 Å². The molecular formula is C16H21NO. The molecule has 0 aromatic heterocycles. The van der Waals surface area contributed by atoms with Gasteiger partial charge in [-0.15, -0.1) is 0 Å². The van der Waals surface area contributed by atoms with Crippen LogP contribution in [-0.2, 0) is 0 Å². The maximum Gasteiger partial charge on any atom is 0.118 e. The number of likely N-dealkylation sites (tertiary alicyclic amines) is 1. The fraction of sp³-hybridized carbons (Fsp3) is 0.500. The first-order valence-electron chi connectivity index (χ1n) is 6.81. The number of methoxy groups -OCH3 is 1. The Morgan fingerprint density at radius 3 is 2.50 bits per heavy atom. The Morgan fingerprint density at radius 2 is 1.94 bits per heavy atom. The van der Waals surface area contributed by atoms with Gasteiger partial charge in [0.2, 0.25) is 0 Å². The molecule has 0 N–H and O–H groups in total. The summed E-state index contributed by atoms with van der Waals surface area (Å²) in [5.41, 5.74) is 2.87. The van der Waals surface area contributed by atoms with E-state index in [1.807, 2.05) is 0 Å². The van der Waals surface area contributed by atoms with E-state index in [-0.39, 0.29) is 0 Å². The molecule has 1 saturated heterocycles. The summed E-state index contributed by atoms with van der Waals surface area (Å²) in [6.07, 6.45) is 3.78. The number of ether oxygens (including phenoxy) is 1. The maximum atomic E-state index is 5.22. The molecule has 3 rings (SSSR count). The number of hydrogen-bond acceptors (Lipinski definition) is 2. The molecule has 1 fully saturated rings. The molecule has 1 aliphatic heterocycles. The highest BCUT2D eigenvalue weighted by molar-refractivity contribution is 5.73. The van der Waals surface area contributed by atoms with E-state index in [2.05, 4.69) is 49.1 Å². The van der Waals surface area contributed by atoms with Crippen molar-refractivity contribution in [3.8, 4) is 5.75 Å². The third-order valence-electron chi connectivity index (χ3n) is 4.23. The van der Waals surface area contributed by atoms with E-state index in [9.17, 15) is 0 Å². The minimum absolute atomic E-state index is 0.628. The van der Waals surface area contributed by atoms with Gasteiger partial charge in [-0.1, -0.05) is 18.2 Å². The summed E-state index contributed by atoms with van der Waals surface area (Å²) in [6.45, 7) is 5.83. The Hall–Kier alpha value is -1.28. The van der Waals surface area contributed by atoms with Gasteiger partial charge in [0, 0.05) is 18.6 Å². The molecule has 18 heavy (non-hydrogen) atoms. The molecule has 0 radical (unpaired) electrons. The number of benzene rings is 1. The number of hydrogen-bond donors (Lipinski definition) is 0. The van der Waals surface area contributed by atoms with E-state index in [0.29, 0.717) is 12.1 Å². The minimum Gasteiger partial charge on any atom is -0.497 e. The lowest BCUT2D eigenvalue weighted by atomic mass is 9.99. The fourth-order valence-corrected chi connectivity index (χ4v) is 3.33. The summed E-state index contributed by atoms with van der Waals surface area (Å²) in [4.78, 5) is 2.63. The summed E-state index contributed by atoms with van der Waals surface area (Å²) in [5, 5.41) is 0. The van der Waals surface area contributed by atoms with Crippen LogP contribution in [0.2, 0.25) is 0 Å². The SMILES string of the molecule is COc1ccc(C2=C[C@H]3C[C@@H]2N(C(C)C)C3)cc1. The Labute approximate surface area is 109 Å². The highest BCUT2D eigenvalue weighted by atomic mass is 16.5. The van der Waals surface area contributed by atoms with Crippen molar-refractivity contribution in [3.63, 3.8) is 0 Å². The predicted molar refractivity (Wildman–Crippen MR) is 74.7 cm³/mol. The Kier molecular flexibility index (Phi) is 2.90. The molecule has 1 aromatic carbocycles. The Balaban J connectivity index is 1.87. The van der Waals surface area contributed by atoms with E-state index in [4.69, 9.17) is 4.74 Å². The van der Waals surface area contributed by atoms with Crippen molar-refractivity contribution in [1.82, 2.24) is 4.90 Å². The molecule has 2 bridgehead atoms. The zero-order valence-electron chi connectivity index (χ0n) is 11.4. The number of nitrogens with zero attached hydrogens (tertiary/aromatic N) is 1. The van der Waals surface area contributed by atoms with Crippen LogP contribution in [-0.4, -0.2) is 30.6 Å². The second kappa shape index (κ2) is 4.43. The molecular weight excluding hydrogens is 222 g/mol. The third-order valence-corrected chi connectivity index (χ3v) is 4.23. The molecule has 0 saturated carbocycles. The second-order valence-corrected chi connectivity index (χ2v) is 5.65. The van der Waals surface area contributed by atoms with Crippen LogP contribution in [0.5, 0.6) is 5.75 Å². The molecule has 96 valence electrons. The zero-order valence-corrected chi connectivity index (χ0v) is 11.4. The van der Waals surface area contributed by atoms with Gasteiger partial charge in [0.05, 0.1) is 7.11 Å². The number of rotatable bonds is 3. The van der Waals surface area contributed by atoms with E-state index >= 15 is 0 Å². The smallest absolute Gasteiger partial charge is 0.118 e. The zero-order chi connectivity index (χ0) is 12.7. The summed E-state index contributed by atoms with van der Waals surface area (Å²) < 4.78 is 5.22. The summed E-state index contributed by atoms with van der Waals surface area (Å²) in [7, 11) is 1.71. The van der Waals surface area contributed by atoms with Crippen LogP contribution in [0.4, 0.5) is 0 Å².